The van der Waals surface area contributed by atoms with Crippen LogP contribution >= 0.6 is 0 Å². The number of carbonyl (C=O) groups is 2. The lowest BCUT2D eigenvalue weighted by Gasteiger charge is -2.05. The number of aryl methyl sites for hydroxylation is 1. The monoisotopic (exact) mass is 388 g/mol. The number of nitrogens with two attached hydrogens (primary N) is 1. The second-order valence-electron chi connectivity index (χ2n) is 6.09. The molecule has 5 N–H and O–H groups in total. The number of halogens is 1. The number of anilines is 1. The third-order valence-corrected chi connectivity index (χ3v) is 4.17. The summed E-state index contributed by atoms with van der Waals surface area (Å²) in [6.07, 6.45) is 2.94. The fourth-order valence-electron chi connectivity index (χ4n) is 3.03. The quantitative estimate of drug-likeness (QED) is 0.516. The molecule has 0 bridgehead atoms. The summed E-state index contributed by atoms with van der Waals surface area (Å²) >= 11 is 0. The number of hydrogen-bond acceptors (Lipinski definition) is 4. The number of aromatic nitrogens is 1. The number of fused-ring (bicyclic) bond motifs is 1. The van der Waals surface area contributed by atoms with Crippen molar-refractivity contribution in [3.63, 3.8) is 0 Å². The van der Waals surface area contributed by atoms with E-state index in [1.54, 1.807) is 12.3 Å². The zero-order chi connectivity index (χ0) is 20.0. The van der Waals surface area contributed by atoms with Crippen LogP contribution in [0.2, 0.25) is 0 Å². The van der Waals surface area contributed by atoms with Gasteiger partial charge in [-0.2, -0.15) is 0 Å². The minimum absolute atomic E-state index is 0. The maximum atomic E-state index is 13.6. The normalized spacial score (nSPS) is 9.96. The van der Waals surface area contributed by atoms with E-state index in [0.29, 0.717) is 28.7 Å². The Balaban J connectivity index is 0.000000921. The number of phenols is 1. The molecule has 0 fully saturated rings. The summed E-state index contributed by atoms with van der Waals surface area (Å²) in [5.74, 6) is -0.645. The molecule has 0 aliphatic heterocycles. The van der Waals surface area contributed by atoms with Gasteiger partial charge in [0.15, 0.2) is 0 Å². The largest absolute Gasteiger partial charge is 0.507 e. The minimum atomic E-state index is -0.497. The summed E-state index contributed by atoms with van der Waals surface area (Å²) in [5, 5.41) is 10.6. The van der Waals surface area contributed by atoms with Crippen LogP contribution in [0.15, 0.2) is 42.6 Å². The van der Waals surface area contributed by atoms with Crippen LogP contribution in [0.1, 0.15) is 25.0 Å². The Morgan fingerprint density at radius 1 is 1.21 bits per heavy atom. The van der Waals surface area contributed by atoms with E-state index in [-0.39, 0.29) is 29.9 Å². The summed E-state index contributed by atoms with van der Waals surface area (Å²) in [7, 11) is 0. The SMILES string of the molecule is CC=O.CCn1cc(CC(=O)Cc2ccccc2N)c2c(O)cc(F)cc21.O. The first-order valence-corrected chi connectivity index (χ1v) is 8.66. The molecule has 150 valence electrons. The molecule has 1 heterocycles. The Morgan fingerprint density at radius 2 is 1.82 bits per heavy atom. The molecule has 0 aliphatic rings. The Morgan fingerprint density at radius 3 is 2.43 bits per heavy atom. The number of rotatable bonds is 5. The minimum Gasteiger partial charge on any atom is -0.507 e. The van der Waals surface area contributed by atoms with Crippen LogP contribution in [0.5, 0.6) is 5.75 Å². The number of aldehydes is 1. The molecular weight excluding hydrogens is 363 g/mol. The van der Waals surface area contributed by atoms with Crippen LogP contribution in [-0.4, -0.2) is 27.2 Å². The van der Waals surface area contributed by atoms with Crippen molar-refractivity contribution in [2.45, 2.75) is 33.2 Å². The molecule has 0 aliphatic carbocycles. The van der Waals surface area contributed by atoms with Crippen molar-refractivity contribution in [1.82, 2.24) is 4.57 Å². The number of nitrogen functional groups attached to an aromatic ring is 1. The number of nitrogens with zero attached hydrogens (tertiary/aromatic N) is 1. The lowest BCUT2D eigenvalue weighted by molar-refractivity contribution is -0.117. The number of carbonyl (C=O) groups excluding carboxylic acids is 2. The molecule has 7 heteroatoms. The molecule has 0 saturated heterocycles. The molecule has 6 nitrogen and oxygen atoms in total. The van der Waals surface area contributed by atoms with E-state index in [2.05, 4.69) is 0 Å². The van der Waals surface area contributed by atoms with Crippen LogP contribution in [0, 0.1) is 5.82 Å². The van der Waals surface area contributed by atoms with Crippen molar-refractivity contribution in [2.75, 3.05) is 5.73 Å². The average Bonchev–Trinajstić information content (AvgIpc) is 2.95. The number of para-hydroxylation sites is 1. The van der Waals surface area contributed by atoms with E-state index in [4.69, 9.17) is 10.5 Å². The first kappa shape index (κ1) is 22.9. The first-order valence-electron chi connectivity index (χ1n) is 8.66. The predicted molar refractivity (Wildman–Crippen MR) is 108 cm³/mol. The Kier molecular flexibility index (Phi) is 8.34. The lowest BCUT2D eigenvalue weighted by atomic mass is 10.0. The second-order valence-corrected chi connectivity index (χ2v) is 6.09. The van der Waals surface area contributed by atoms with Crippen molar-refractivity contribution in [3.8, 4) is 5.75 Å². The number of phenolic OH excluding ortho intramolecular Hbond substituents is 1. The predicted octanol–water partition coefficient (Wildman–Crippen LogP) is 2.82. The maximum absolute atomic E-state index is 13.6. The van der Waals surface area contributed by atoms with Gasteiger partial charge in [0, 0.05) is 42.7 Å². The van der Waals surface area contributed by atoms with Crippen molar-refractivity contribution in [3.05, 3.63) is 59.5 Å². The number of hydrogen-bond donors (Lipinski definition) is 2. The molecule has 3 aromatic rings. The third-order valence-electron chi connectivity index (χ3n) is 4.17. The molecule has 3 rings (SSSR count). The standard InChI is InChI=1S/C19H19FN2O2.C2H4O.H2O/c1-2-22-11-13(19-17(22)9-14(20)10-18(19)24)8-15(23)7-12-5-3-4-6-16(12)21;1-2-3;/h3-6,9-11,24H,2,7-8,21H2,1H3;2H,1H3;1H2. The molecule has 1 aromatic heterocycles. The van der Waals surface area contributed by atoms with E-state index in [1.807, 2.05) is 29.7 Å². The summed E-state index contributed by atoms with van der Waals surface area (Å²) in [5.41, 5.74) is 8.55. The summed E-state index contributed by atoms with van der Waals surface area (Å²) in [6, 6.07) is 9.71. The van der Waals surface area contributed by atoms with E-state index in [0.717, 1.165) is 17.9 Å². The maximum Gasteiger partial charge on any atom is 0.141 e. The van der Waals surface area contributed by atoms with Crippen LogP contribution in [0.25, 0.3) is 10.9 Å². The zero-order valence-electron chi connectivity index (χ0n) is 15.9. The molecule has 0 radical (unpaired) electrons. The topological polar surface area (TPSA) is 117 Å². The van der Waals surface area contributed by atoms with Gasteiger partial charge >= 0.3 is 0 Å². The highest BCUT2D eigenvalue weighted by molar-refractivity contribution is 5.94. The molecule has 0 unspecified atom stereocenters. The van der Waals surface area contributed by atoms with Gasteiger partial charge in [0.1, 0.15) is 23.6 Å². The van der Waals surface area contributed by atoms with Crippen molar-refractivity contribution in [2.24, 2.45) is 0 Å². The van der Waals surface area contributed by atoms with Crippen molar-refractivity contribution < 1.29 is 24.6 Å². The highest BCUT2D eigenvalue weighted by atomic mass is 19.1. The second kappa shape index (κ2) is 10.2. The molecule has 0 atom stereocenters. The summed E-state index contributed by atoms with van der Waals surface area (Å²) in [4.78, 5) is 21.2. The van der Waals surface area contributed by atoms with Gasteiger partial charge in [0.2, 0.25) is 0 Å². The van der Waals surface area contributed by atoms with Gasteiger partial charge < -0.3 is 25.7 Å². The van der Waals surface area contributed by atoms with Gasteiger partial charge in [0.05, 0.1) is 5.52 Å². The molecule has 28 heavy (non-hydrogen) atoms. The van der Waals surface area contributed by atoms with Crippen LogP contribution in [0.4, 0.5) is 10.1 Å². The molecule has 2 aromatic carbocycles. The van der Waals surface area contributed by atoms with Crippen LogP contribution < -0.4 is 5.73 Å². The Labute approximate surface area is 162 Å². The summed E-state index contributed by atoms with van der Waals surface area (Å²) in [6.45, 7) is 4.00. The van der Waals surface area contributed by atoms with Gasteiger partial charge in [0.25, 0.3) is 0 Å². The van der Waals surface area contributed by atoms with Gasteiger partial charge in [-0.3, -0.25) is 4.79 Å². The fraction of sp³-hybridized carbons (Fsp3) is 0.238. The van der Waals surface area contributed by atoms with E-state index in [1.165, 1.54) is 13.0 Å². The van der Waals surface area contributed by atoms with Gasteiger partial charge in [-0.05, 0) is 37.1 Å². The highest BCUT2D eigenvalue weighted by Gasteiger charge is 2.16. The smallest absolute Gasteiger partial charge is 0.141 e. The highest BCUT2D eigenvalue weighted by Crippen LogP contribution is 2.31. The average molecular weight is 388 g/mol. The van der Waals surface area contributed by atoms with Crippen molar-refractivity contribution >= 4 is 28.7 Å². The van der Waals surface area contributed by atoms with E-state index in [9.17, 15) is 14.3 Å². The Bertz CT molecular complexity index is 966. The lowest BCUT2D eigenvalue weighted by Crippen LogP contribution is -2.08. The number of Topliss-reactive ketones (excluding diaryl/α,β-unsaturated/α-hetero) is 1. The van der Waals surface area contributed by atoms with Gasteiger partial charge in [-0.15, -0.1) is 0 Å². The third kappa shape index (κ3) is 5.17. The number of aromatic hydroxyl groups is 1. The Hall–Kier alpha value is -3.19. The van der Waals surface area contributed by atoms with Crippen molar-refractivity contribution in [1.29, 1.82) is 0 Å². The van der Waals surface area contributed by atoms with Crippen LogP contribution in [0.3, 0.4) is 0 Å². The molecule has 0 amide bonds. The summed E-state index contributed by atoms with van der Waals surface area (Å²) < 4.78 is 15.4. The van der Waals surface area contributed by atoms with E-state index >= 15 is 0 Å². The fourth-order valence-corrected chi connectivity index (χ4v) is 3.03. The molecule has 0 saturated carbocycles. The first-order chi connectivity index (χ1) is 12.9. The molecule has 0 spiro atoms. The van der Waals surface area contributed by atoms with E-state index < -0.39 is 5.82 Å². The zero-order valence-corrected chi connectivity index (χ0v) is 15.9. The number of ketones is 1. The van der Waals surface area contributed by atoms with Gasteiger partial charge in [-0.25, -0.2) is 4.39 Å². The number of benzene rings is 2. The van der Waals surface area contributed by atoms with Gasteiger partial charge in [-0.1, -0.05) is 18.2 Å². The molecular formula is C21H25FN2O4. The van der Waals surface area contributed by atoms with Crippen LogP contribution in [-0.2, 0) is 29.0 Å².